The normalized spacial score (nSPS) is 11.0. The van der Waals surface area contributed by atoms with Crippen molar-refractivity contribution in [2.45, 2.75) is 39.8 Å². The smallest absolute Gasteiger partial charge is 0.307 e. The second-order valence-corrected chi connectivity index (χ2v) is 8.00. The molecule has 0 fully saturated rings. The molecule has 0 aliphatic carbocycles. The van der Waals surface area contributed by atoms with Gasteiger partial charge in [-0.2, -0.15) is 10.1 Å². The van der Waals surface area contributed by atoms with Gasteiger partial charge in [-0.25, -0.2) is 9.37 Å². The maximum Gasteiger partial charge on any atom is 0.307 e. The van der Waals surface area contributed by atoms with Crippen LogP contribution in [0.25, 0.3) is 10.9 Å². The van der Waals surface area contributed by atoms with Gasteiger partial charge in [0.1, 0.15) is 5.75 Å². The Hall–Kier alpha value is -4.21. The minimum atomic E-state index is -0.599. The standard InChI is InChI=1S/C25H27FN6O3/c1-4-34-23(33)11-12-32-21-13-18(10-9-17(21)14-28-32)29-24-19(26)15-27-25(31-24)30-20-7-5-6-8-22(20)35-16(2)3/h5-10,13-16H,4,11-12H2,1-3H3,(H2,27,29,30,31). The number of fused-ring (bicyclic) bond motifs is 1. The van der Waals surface area contributed by atoms with Gasteiger partial charge < -0.3 is 20.1 Å². The van der Waals surface area contributed by atoms with Gasteiger partial charge >= 0.3 is 5.97 Å². The summed E-state index contributed by atoms with van der Waals surface area (Å²) in [5, 5.41) is 11.3. The lowest BCUT2D eigenvalue weighted by molar-refractivity contribution is -0.143. The predicted molar refractivity (Wildman–Crippen MR) is 132 cm³/mol. The molecule has 10 heteroatoms. The van der Waals surface area contributed by atoms with Gasteiger partial charge in [0, 0.05) is 11.1 Å². The maximum atomic E-state index is 14.6. The molecule has 2 aromatic heterocycles. The molecule has 0 spiro atoms. The fraction of sp³-hybridized carbons (Fsp3) is 0.280. The van der Waals surface area contributed by atoms with Crippen molar-refractivity contribution in [3.05, 3.63) is 60.7 Å². The van der Waals surface area contributed by atoms with Gasteiger partial charge in [-0.05, 0) is 51.1 Å². The number of benzene rings is 2. The molecule has 0 saturated carbocycles. The second kappa shape index (κ2) is 10.8. The molecule has 4 rings (SSSR count). The van der Waals surface area contributed by atoms with E-state index >= 15 is 0 Å². The Balaban J connectivity index is 1.53. The van der Waals surface area contributed by atoms with E-state index in [1.165, 1.54) is 0 Å². The largest absolute Gasteiger partial charge is 0.489 e. The lowest BCUT2D eigenvalue weighted by Gasteiger charge is -2.15. The Morgan fingerprint density at radius 3 is 2.77 bits per heavy atom. The zero-order valence-electron chi connectivity index (χ0n) is 19.8. The third-order valence-corrected chi connectivity index (χ3v) is 4.98. The summed E-state index contributed by atoms with van der Waals surface area (Å²) < 4.78 is 27.1. The highest BCUT2D eigenvalue weighted by atomic mass is 19.1. The minimum absolute atomic E-state index is 0.00930. The van der Waals surface area contributed by atoms with E-state index in [0.717, 1.165) is 17.1 Å². The van der Waals surface area contributed by atoms with Gasteiger partial charge in [-0.3, -0.25) is 9.48 Å². The highest BCUT2D eigenvalue weighted by molar-refractivity contribution is 5.83. The van der Waals surface area contributed by atoms with Crippen LogP contribution in [0.15, 0.2) is 54.9 Å². The lowest BCUT2D eigenvalue weighted by Crippen LogP contribution is -2.10. The maximum absolute atomic E-state index is 14.6. The van der Waals surface area contributed by atoms with E-state index in [1.54, 1.807) is 23.9 Å². The highest BCUT2D eigenvalue weighted by Crippen LogP contribution is 2.28. The van der Waals surface area contributed by atoms with Crippen LogP contribution >= 0.6 is 0 Å². The number of esters is 1. The number of aryl methyl sites for hydroxylation is 1. The van der Waals surface area contributed by atoms with Gasteiger partial charge in [0.2, 0.25) is 5.95 Å². The monoisotopic (exact) mass is 478 g/mol. The van der Waals surface area contributed by atoms with Crippen LogP contribution in [0, 0.1) is 5.82 Å². The predicted octanol–water partition coefficient (Wildman–Crippen LogP) is 5.19. The van der Waals surface area contributed by atoms with Crippen molar-refractivity contribution < 1.29 is 18.7 Å². The molecule has 0 atom stereocenters. The van der Waals surface area contributed by atoms with Crippen molar-refractivity contribution in [1.82, 2.24) is 19.7 Å². The Bertz CT molecular complexity index is 1320. The highest BCUT2D eigenvalue weighted by Gasteiger charge is 2.12. The average molecular weight is 479 g/mol. The molecule has 0 bridgehead atoms. The summed E-state index contributed by atoms with van der Waals surface area (Å²) in [6.07, 6.45) is 3.02. The van der Waals surface area contributed by atoms with Crippen molar-refractivity contribution in [3.8, 4) is 5.75 Å². The van der Waals surface area contributed by atoms with Crippen molar-refractivity contribution in [2.75, 3.05) is 17.2 Å². The minimum Gasteiger partial charge on any atom is -0.489 e. The van der Waals surface area contributed by atoms with Crippen molar-refractivity contribution in [2.24, 2.45) is 0 Å². The molecule has 0 aliphatic heterocycles. The van der Waals surface area contributed by atoms with Crippen LogP contribution in [0.5, 0.6) is 5.75 Å². The van der Waals surface area contributed by atoms with Crippen LogP contribution in [0.2, 0.25) is 0 Å². The SMILES string of the molecule is CCOC(=O)CCn1ncc2ccc(Nc3nc(Nc4ccccc4OC(C)C)ncc3F)cc21. The molecule has 2 N–H and O–H groups in total. The zero-order valence-corrected chi connectivity index (χ0v) is 19.8. The number of hydrogen-bond donors (Lipinski definition) is 2. The summed E-state index contributed by atoms with van der Waals surface area (Å²) in [4.78, 5) is 20.1. The van der Waals surface area contributed by atoms with E-state index in [0.29, 0.717) is 30.3 Å². The number of aromatic nitrogens is 4. The molecule has 4 aromatic rings. The summed E-state index contributed by atoms with van der Waals surface area (Å²) in [5.41, 5.74) is 2.08. The van der Waals surface area contributed by atoms with Gasteiger partial charge in [-0.15, -0.1) is 0 Å². The summed E-state index contributed by atoms with van der Waals surface area (Å²) >= 11 is 0. The number of anilines is 4. The fourth-order valence-corrected chi connectivity index (χ4v) is 3.46. The number of ether oxygens (including phenoxy) is 2. The first-order valence-corrected chi connectivity index (χ1v) is 11.4. The van der Waals surface area contributed by atoms with Crippen LogP contribution in [0.4, 0.5) is 27.5 Å². The third kappa shape index (κ3) is 6.03. The summed E-state index contributed by atoms with van der Waals surface area (Å²) in [6, 6.07) is 12.9. The average Bonchev–Trinajstić information content (AvgIpc) is 3.23. The first kappa shape index (κ1) is 23.9. The van der Waals surface area contributed by atoms with Crippen LogP contribution in [-0.2, 0) is 16.1 Å². The molecular weight excluding hydrogens is 451 g/mol. The Labute approximate surface area is 202 Å². The first-order valence-electron chi connectivity index (χ1n) is 11.4. The zero-order chi connectivity index (χ0) is 24.8. The van der Waals surface area contributed by atoms with Crippen LogP contribution in [0.1, 0.15) is 27.2 Å². The van der Waals surface area contributed by atoms with Crippen molar-refractivity contribution in [1.29, 1.82) is 0 Å². The van der Waals surface area contributed by atoms with E-state index in [2.05, 4.69) is 25.7 Å². The van der Waals surface area contributed by atoms with E-state index in [-0.39, 0.29) is 30.3 Å². The van der Waals surface area contributed by atoms with E-state index in [1.807, 2.05) is 50.2 Å². The number of nitrogens with zero attached hydrogens (tertiary/aromatic N) is 4. The molecule has 35 heavy (non-hydrogen) atoms. The summed E-state index contributed by atoms with van der Waals surface area (Å²) in [5.74, 6) is -0.00510. The number of carbonyl (C=O) groups is 1. The molecule has 0 amide bonds. The fourth-order valence-electron chi connectivity index (χ4n) is 3.46. The van der Waals surface area contributed by atoms with Gasteiger partial charge in [0.15, 0.2) is 11.6 Å². The lowest BCUT2D eigenvalue weighted by atomic mass is 10.2. The van der Waals surface area contributed by atoms with Crippen molar-refractivity contribution in [3.63, 3.8) is 0 Å². The number of para-hydroxylation sites is 2. The molecule has 2 aromatic carbocycles. The third-order valence-electron chi connectivity index (χ3n) is 4.98. The molecule has 182 valence electrons. The molecular formula is C25H27FN6O3. The van der Waals surface area contributed by atoms with Crippen LogP contribution < -0.4 is 15.4 Å². The number of rotatable bonds is 10. The van der Waals surface area contributed by atoms with E-state index in [9.17, 15) is 9.18 Å². The molecule has 0 aliphatic rings. The van der Waals surface area contributed by atoms with Crippen LogP contribution in [0.3, 0.4) is 0 Å². The molecule has 0 unspecified atom stereocenters. The Morgan fingerprint density at radius 2 is 1.97 bits per heavy atom. The van der Waals surface area contributed by atoms with Crippen molar-refractivity contribution >= 4 is 40.0 Å². The number of nitrogens with one attached hydrogen (secondary N) is 2. The van der Waals surface area contributed by atoms with E-state index in [4.69, 9.17) is 9.47 Å². The van der Waals surface area contributed by atoms with Gasteiger partial charge in [0.05, 0.1) is 49.3 Å². The van der Waals surface area contributed by atoms with Gasteiger partial charge in [-0.1, -0.05) is 12.1 Å². The molecule has 9 nitrogen and oxygen atoms in total. The Morgan fingerprint density at radius 1 is 1.14 bits per heavy atom. The number of carbonyl (C=O) groups excluding carboxylic acids is 1. The van der Waals surface area contributed by atoms with E-state index < -0.39 is 5.82 Å². The molecule has 0 radical (unpaired) electrons. The summed E-state index contributed by atoms with van der Waals surface area (Å²) in [7, 11) is 0. The first-order chi connectivity index (χ1) is 16.9. The number of hydrogen-bond acceptors (Lipinski definition) is 8. The quantitative estimate of drug-likeness (QED) is 0.300. The molecule has 0 saturated heterocycles. The molecule has 2 heterocycles. The Kier molecular flexibility index (Phi) is 7.39. The van der Waals surface area contributed by atoms with Gasteiger partial charge in [0.25, 0.3) is 0 Å². The topological polar surface area (TPSA) is 103 Å². The second-order valence-electron chi connectivity index (χ2n) is 8.00. The summed E-state index contributed by atoms with van der Waals surface area (Å²) in [6.45, 7) is 6.36. The van der Waals surface area contributed by atoms with Crippen LogP contribution in [-0.4, -0.2) is 38.4 Å². The number of halogens is 1.